The lowest BCUT2D eigenvalue weighted by molar-refractivity contribution is -0.220. The number of carbonyl (C=O) groups excluding carboxylic acids is 2. The Labute approximate surface area is 139 Å². The van der Waals surface area contributed by atoms with E-state index in [1.807, 2.05) is 44.2 Å². The van der Waals surface area contributed by atoms with Crippen LogP contribution >= 0.6 is 11.8 Å². The molecule has 0 unspecified atom stereocenters. The summed E-state index contributed by atoms with van der Waals surface area (Å²) in [6, 6.07) is 9.38. The van der Waals surface area contributed by atoms with Gasteiger partial charge in [0.2, 0.25) is 5.91 Å². The summed E-state index contributed by atoms with van der Waals surface area (Å²) in [4.78, 5) is 26.4. The second-order valence-electron chi connectivity index (χ2n) is 6.07. The normalized spacial score (nSPS) is 28.2. The molecule has 1 aromatic rings. The number of fused-ring (bicyclic) bond motifs is 1. The molecule has 2 atom stereocenters. The number of rotatable bonds is 5. The van der Waals surface area contributed by atoms with Gasteiger partial charge in [-0.1, -0.05) is 30.3 Å². The summed E-state index contributed by atoms with van der Waals surface area (Å²) in [5.74, 6) is -0.682. The van der Waals surface area contributed by atoms with Crippen LogP contribution < -0.4 is 5.73 Å². The molecule has 1 aromatic carbocycles. The highest BCUT2D eigenvalue weighted by atomic mass is 32.2. The summed E-state index contributed by atoms with van der Waals surface area (Å²) < 4.78 is 10.5. The van der Waals surface area contributed by atoms with Crippen molar-refractivity contribution in [2.24, 2.45) is 5.73 Å². The van der Waals surface area contributed by atoms with Gasteiger partial charge in [-0.15, -0.1) is 11.8 Å². The molecule has 0 spiro atoms. The molecule has 2 heterocycles. The van der Waals surface area contributed by atoms with E-state index in [9.17, 15) is 9.59 Å². The number of nitrogens with zero attached hydrogens (tertiary/aromatic N) is 1. The average Bonchev–Trinajstić information content (AvgIpc) is 2.70. The van der Waals surface area contributed by atoms with Crippen molar-refractivity contribution < 1.29 is 19.1 Å². The van der Waals surface area contributed by atoms with Crippen LogP contribution in [0, 0.1) is 0 Å². The SMILES string of the molecule is CC1(C)S[C@@H]2CC(=O)N2[C@@]1(OCN)C(=O)OCc1ccccc1. The zero-order valence-electron chi connectivity index (χ0n) is 13.2. The topological polar surface area (TPSA) is 81.9 Å². The van der Waals surface area contributed by atoms with Gasteiger partial charge in [-0.05, 0) is 19.4 Å². The molecule has 6 nitrogen and oxygen atoms in total. The van der Waals surface area contributed by atoms with E-state index in [1.165, 1.54) is 4.90 Å². The van der Waals surface area contributed by atoms with Crippen LogP contribution in [0.15, 0.2) is 30.3 Å². The first-order valence-electron chi connectivity index (χ1n) is 7.47. The third-order valence-electron chi connectivity index (χ3n) is 4.27. The lowest BCUT2D eigenvalue weighted by atomic mass is 9.93. The van der Waals surface area contributed by atoms with Crippen molar-refractivity contribution >= 4 is 23.6 Å². The first kappa shape index (κ1) is 16.3. The fourth-order valence-electron chi connectivity index (χ4n) is 3.16. The summed E-state index contributed by atoms with van der Waals surface area (Å²) in [6.45, 7) is 3.72. The van der Waals surface area contributed by atoms with Crippen LogP contribution in [0.5, 0.6) is 0 Å². The first-order valence-corrected chi connectivity index (χ1v) is 8.35. The largest absolute Gasteiger partial charge is 0.457 e. The van der Waals surface area contributed by atoms with Gasteiger partial charge in [0.1, 0.15) is 6.61 Å². The molecule has 2 fully saturated rings. The lowest BCUT2D eigenvalue weighted by Gasteiger charge is -2.46. The van der Waals surface area contributed by atoms with Crippen molar-refractivity contribution in [2.45, 2.75) is 42.7 Å². The molecule has 0 radical (unpaired) electrons. The molecule has 0 saturated carbocycles. The maximum absolute atomic E-state index is 12.9. The highest BCUT2D eigenvalue weighted by molar-refractivity contribution is 8.01. The van der Waals surface area contributed by atoms with Gasteiger partial charge < -0.3 is 15.2 Å². The lowest BCUT2D eigenvalue weighted by Crippen LogP contribution is -2.69. The Kier molecular flexibility index (Phi) is 4.12. The van der Waals surface area contributed by atoms with Gasteiger partial charge in [-0.3, -0.25) is 9.69 Å². The minimum absolute atomic E-state index is 0.0617. The Morgan fingerprint density at radius 1 is 1.39 bits per heavy atom. The zero-order valence-corrected chi connectivity index (χ0v) is 14.0. The predicted octanol–water partition coefficient (Wildman–Crippen LogP) is 1.44. The van der Waals surface area contributed by atoms with Crippen LogP contribution in [0.3, 0.4) is 0 Å². The summed E-state index contributed by atoms with van der Waals surface area (Å²) >= 11 is 1.54. The Hall–Kier alpha value is -1.57. The van der Waals surface area contributed by atoms with E-state index in [0.29, 0.717) is 6.42 Å². The molecule has 0 aromatic heterocycles. The number of nitrogens with two attached hydrogens (primary N) is 1. The van der Waals surface area contributed by atoms with Gasteiger partial charge in [-0.2, -0.15) is 0 Å². The van der Waals surface area contributed by atoms with Crippen molar-refractivity contribution in [3.05, 3.63) is 35.9 Å². The quantitative estimate of drug-likeness (QED) is 0.498. The molecule has 2 aliphatic rings. The number of carbonyl (C=O) groups is 2. The summed E-state index contributed by atoms with van der Waals surface area (Å²) in [6.07, 6.45) is 0.412. The molecule has 0 aliphatic carbocycles. The monoisotopic (exact) mass is 336 g/mol. The van der Waals surface area contributed by atoms with E-state index >= 15 is 0 Å². The minimum atomic E-state index is -1.47. The number of esters is 1. The van der Waals surface area contributed by atoms with Gasteiger partial charge in [0, 0.05) is 0 Å². The molecule has 23 heavy (non-hydrogen) atoms. The maximum atomic E-state index is 12.9. The molecule has 7 heteroatoms. The highest BCUT2D eigenvalue weighted by Gasteiger charge is 2.71. The van der Waals surface area contributed by atoms with E-state index in [2.05, 4.69) is 0 Å². The van der Waals surface area contributed by atoms with Crippen LogP contribution in [-0.4, -0.2) is 39.4 Å². The zero-order chi connectivity index (χ0) is 16.7. The number of hydrogen-bond acceptors (Lipinski definition) is 6. The Balaban J connectivity index is 1.85. The van der Waals surface area contributed by atoms with Crippen molar-refractivity contribution in [1.29, 1.82) is 0 Å². The molecular weight excluding hydrogens is 316 g/mol. The van der Waals surface area contributed by atoms with Crippen molar-refractivity contribution in [1.82, 2.24) is 4.90 Å². The molecule has 2 aliphatic heterocycles. The second-order valence-corrected chi connectivity index (χ2v) is 7.87. The minimum Gasteiger partial charge on any atom is -0.457 e. The Morgan fingerprint density at radius 2 is 2.09 bits per heavy atom. The highest BCUT2D eigenvalue weighted by Crippen LogP contribution is 2.57. The number of β-lactam (4-membered cyclic amide) rings is 1. The standard InChI is InChI=1S/C16H20N2O4S/c1-15(2)16(22-10-17,18-12(19)8-13(18)23-15)14(20)21-9-11-6-4-3-5-7-11/h3-7,13H,8-10,17H2,1-2H3/t13-,16-/m1/s1. The van der Waals surface area contributed by atoms with E-state index in [4.69, 9.17) is 15.2 Å². The van der Waals surface area contributed by atoms with Crippen molar-refractivity contribution in [3.8, 4) is 0 Å². The van der Waals surface area contributed by atoms with Crippen molar-refractivity contribution in [2.75, 3.05) is 6.73 Å². The number of thioether (sulfide) groups is 1. The molecule has 1 amide bonds. The van der Waals surface area contributed by atoms with E-state index < -0.39 is 16.4 Å². The number of ether oxygens (including phenoxy) is 2. The third-order valence-corrected chi connectivity index (χ3v) is 5.79. The fraction of sp³-hybridized carbons (Fsp3) is 0.500. The first-order chi connectivity index (χ1) is 10.9. The Morgan fingerprint density at radius 3 is 2.70 bits per heavy atom. The molecule has 2 saturated heterocycles. The van der Waals surface area contributed by atoms with E-state index in [-0.39, 0.29) is 24.6 Å². The molecular formula is C16H20N2O4S. The fourth-order valence-corrected chi connectivity index (χ4v) is 4.84. The van der Waals surface area contributed by atoms with Crippen molar-refractivity contribution in [3.63, 3.8) is 0 Å². The summed E-state index contributed by atoms with van der Waals surface area (Å²) in [5.41, 5.74) is 4.96. The van der Waals surface area contributed by atoms with E-state index in [1.54, 1.807) is 11.8 Å². The van der Waals surface area contributed by atoms with Crippen LogP contribution in [0.4, 0.5) is 0 Å². The third kappa shape index (κ3) is 2.43. The molecule has 2 N–H and O–H groups in total. The summed E-state index contributed by atoms with van der Waals surface area (Å²) in [7, 11) is 0. The maximum Gasteiger partial charge on any atom is 0.362 e. The van der Waals surface area contributed by atoms with Crippen LogP contribution in [-0.2, 0) is 25.7 Å². The van der Waals surface area contributed by atoms with Crippen LogP contribution in [0.1, 0.15) is 25.8 Å². The molecule has 0 bridgehead atoms. The number of benzene rings is 1. The Bertz CT molecular complexity index is 622. The van der Waals surface area contributed by atoms with Crippen LogP contribution in [0.25, 0.3) is 0 Å². The predicted molar refractivity (Wildman–Crippen MR) is 86.0 cm³/mol. The van der Waals surface area contributed by atoms with Gasteiger partial charge in [0.05, 0.1) is 23.3 Å². The number of hydrogen-bond donors (Lipinski definition) is 1. The smallest absolute Gasteiger partial charge is 0.362 e. The number of amides is 1. The molecule has 3 rings (SSSR count). The van der Waals surface area contributed by atoms with Gasteiger partial charge in [0.15, 0.2) is 0 Å². The second kappa shape index (κ2) is 5.81. The van der Waals surface area contributed by atoms with Gasteiger partial charge >= 0.3 is 5.97 Å². The van der Waals surface area contributed by atoms with Gasteiger partial charge in [0.25, 0.3) is 5.72 Å². The summed E-state index contributed by atoms with van der Waals surface area (Å²) in [5, 5.41) is -0.0617. The molecule has 124 valence electrons. The van der Waals surface area contributed by atoms with Crippen LogP contribution in [0.2, 0.25) is 0 Å². The van der Waals surface area contributed by atoms with E-state index in [0.717, 1.165) is 5.56 Å². The average molecular weight is 336 g/mol. The van der Waals surface area contributed by atoms with Gasteiger partial charge in [-0.25, -0.2) is 4.79 Å².